The molecule has 6 aliphatic heterocycles. The molecule has 6 saturated heterocycles. The summed E-state index contributed by atoms with van der Waals surface area (Å²) in [6.45, 7) is 41.9. The molecule has 2 N–H and O–H groups in total. The van der Waals surface area contributed by atoms with Crippen molar-refractivity contribution in [2.24, 2.45) is 34.5 Å². The zero-order valence-electron chi connectivity index (χ0n) is 57.2. The van der Waals surface area contributed by atoms with Crippen LogP contribution in [0.1, 0.15) is 170 Å². The number of likely N-dealkylation sites (tertiary alicyclic amines) is 4. The molecule has 93 heavy (non-hydrogen) atoms. The Morgan fingerprint density at radius 2 is 1.03 bits per heavy atom. The third-order valence-corrected chi connectivity index (χ3v) is 23.6. The molecule has 0 spiro atoms. The Balaban J connectivity index is 0.000000180. The van der Waals surface area contributed by atoms with Gasteiger partial charge >= 0.3 is 32.3 Å². The Morgan fingerprint density at radius 1 is 0.613 bits per heavy atom. The molecule has 0 radical (unpaired) electrons. The molecule has 19 nitrogen and oxygen atoms in total. The van der Waals surface area contributed by atoms with Gasteiger partial charge in [0, 0.05) is 18.6 Å². The van der Waals surface area contributed by atoms with Gasteiger partial charge in [-0.2, -0.15) is 0 Å². The number of amides is 4. The third-order valence-electron chi connectivity index (χ3n) is 23.6. The Morgan fingerprint density at radius 3 is 1.45 bits per heavy atom. The fourth-order valence-electron chi connectivity index (χ4n) is 17.5. The van der Waals surface area contributed by atoms with Gasteiger partial charge in [0.25, 0.3) is 12.5 Å². The molecule has 6 aliphatic carbocycles. The lowest BCUT2D eigenvalue weighted by atomic mass is 9.43. The van der Waals surface area contributed by atoms with Crippen LogP contribution in [0.3, 0.4) is 0 Å². The Hall–Kier alpha value is -5.80. The van der Waals surface area contributed by atoms with Crippen molar-refractivity contribution in [1.29, 1.82) is 0 Å². The quantitative estimate of drug-likeness (QED) is 0.0622. The fraction of sp³-hybridized carbons (Fsp3) is 0.708. The number of ether oxygens (including phenoxy) is 2. The summed E-state index contributed by atoms with van der Waals surface area (Å²) in [5.41, 5.74) is 1.40. The van der Waals surface area contributed by atoms with Gasteiger partial charge < -0.3 is 58.2 Å². The molecule has 0 unspecified atom stereocenters. The molecule has 0 aromatic heterocycles. The molecular weight excluding hydrogens is 1170 g/mol. The van der Waals surface area contributed by atoms with Gasteiger partial charge in [-0.3, -0.25) is 19.4 Å². The van der Waals surface area contributed by atoms with Gasteiger partial charge in [-0.15, -0.1) is 0 Å². The Labute approximate surface area is 554 Å². The SMILES string of the molecule is CC(C)(C=O)N1CCCC1.[C-]#[N+]C(=CC(C)(C)N1CCCC1)C(=O)N1CCCC[C@@H]1COC(=O)N[C@@H](Cc1ccccc1)B1O[C@@H]2C[C@@H]3C[C@@H](C3(C)C)[C@]2(C)O1.[C-]#[N+]CC(=O)N1CCCC[C@@H]1COC(=O)N[C@@H](Cc1ccccc1)B1O[C@@H]2C[C@@H]3C[C@@H](C3(C)C)[C@]2(C)O1. The van der Waals surface area contributed by atoms with E-state index in [4.69, 9.17) is 41.2 Å². The maximum Gasteiger partial charge on any atom is 0.482 e. The Bertz CT molecular complexity index is 3060. The predicted octanol–water partition coefficient (Wildman–Crippen LogP) is 10.6. The normalized spacial score (nSPS) is 30.8. The van der Waals surface area contributed by atoms with Crippen LogP contribution in [-0.2, 0) is 55.3 Å². The third kappa shape index (κ3) is 15.4. The average Bonchev–Trinajstić information content (AvgIpc) is 1.68. The number of nitrogens with one attached hydrogen (secondary N) is 2. The van der Waals surface area contributed by atoms with Crippen LogP contribution in [0.15, 0.2) is 72.4 Å². The van der Waals surface area contributed by atoms with E-state index >= 15 is 0 Å². The van der Waals surface area contributed by atoms with Crippen LogP contribution < -0.4 is 10.6 Å². The van der Waals surface area contributed by atoms with E-state index in [2.05, 4.69) is 85.5 Å². The number of nitrogens with zero attached hydrogens (tertiary/aromatic N) is 6. The van der Waals surface area contributed by atoms with Crippen LogP contribution in [0.4, 0.5) is 9.59 Å². The number of carbonyl (C=O) groups excluding carboxylic acids is 5. The van der Waals surface area contributed by atoms with Crippen molar-refractivity contribution in [1.82, 2.24) is 30.2 Å². The zero-order chi connectivity index (χ0) is 66.5. The highest BCUT2D eigenvalue weighted by Crippen LogP contribution is 2.67. The van der Waals surface area contributed by atoms with E-state index in [1.54, 1.807) is 9.80 Å². The van der Waals surface area contributed by atoms with Crippen molar-refractivity contribution >= 4 is 44.5 Å². The van der Waals surface area contributed by atoms with Gasteiger partial charge in [0.15, 0.2) is 0 Å². The van der Waals surface area contributed by atoms with Crippen LogP contribution in [-0.4, -0.2) is 182 Å². The fourth-order valence-corrected chi connectivity index (χ4v) is 17.5. The van der Waals surface area contributed by atoms with E-state index in [9.17, 15) is 24.0 Å². The number of aldehydes is 1. The van der Waals surface area contributed by atoms with Crippen molar-refractivity contribution in [3.8, 4) is 0 Å². The van der Waals surface area contributed by atoms with Crippen LogP contribution in [0.25, 0.3) is 9.69 Å². The number of hydrogen-bond acceptors (Lipinski definition) is 13. The minimum absolute atomic E-state index is 0.00678. The van der Waals surface area contributed by atoms with E-state index in [0.29, 0.717) is 49.6 Å². The molecule has 12 atom stereocenters. The topological polar surface area (TPSA) is 186 Å². The minimum atomic E-state index is -0.587. The maximum absolute atomic E-state index is 13.7. The van der Waals surface area contributed by atoms with Crippen LogP contribution in [0.5, 0.6) is 0 Å². The van der Waals surface area contributed by atoms with E-state index in [1.165, 1.54) is 19.3 Å². The molecule has 21 heteroatoms. The van der Waals surface area contributed by atoms with E-state index in [0.717, 1.165) is 114 Å². The van der Waals surface area contributed by atoms with Gasteiger partial charge in [0.1, 0.15) is 19.5 Å². The smallest absolute Gasteiger partial charge is 0.447 e. The minimum Gasteiger partial charge on any atom is -0.447 e. The first-order valence-electron chi connectivity index (χ1n) is 34.9. The molecule has 6 heterocycles. The molecular formula is C72H104B2N8O11. The molecule has 12 fully saturated rings. The predicted molar refractivity (Wildman–Crippen MR) is 358 cm³/mol. The number of hydrogen-bond donors (Lipinski definition) is 2. The lowest BCUT2D eigenvalue weighted by Gasteiger charge is -2.64. The lowest BCUT2D eigenvalue weighted by Crippen LogP contribution is -2.65. The number of benzene rings is 2. The maximum atomic E-state index is 13.7. The summed E-state index contributed by atoms with van der Waals surface area (Å²) in [7, 11) is -1.15. The highest BCUT2D eigenvalue weighted by molar-refractivity contribution is 6.48. The van der Waals surface area contributed by atoms with Gasteiger partial charge in [-0.1, -0.05) is 94.4 Å². The summed E-state index contributed by atoms with van der Waals surface area (Å²) >= 11 is 0. The number of alkyl carbamates (subject to hydrolysis) is 2. The van der Waals surface area contributed by atoms with E-state index in [-0.39, 0.29) is 94.7 Å². The average molecular weight is 1280 g/mol. The first-order chi connectivity index (χ1) is 44.3. The molecule has 14 rings (SSSR count). The highest BCUT2D eigenvalue weighted by Gasteiger charge is 2.70. The van der Waals surface area contributed by atoms with Crippen LogP contribution >= 0.6 is 0 Å². The van der Waals surface area contributed by atoms with Gasteiger partial charge in [-0.05, 0) is 216 Å². The van der Waals surface area contributed by atoms with E-state index in [1.807, 2.05) is 80.6 Å². The lowest BCUT2D eigenvalue weighted by molar-refractivity contribution is -0.199. The summed E-state index contributed by atoms with van der Waals surface area (Å²) in [5, 5.41) is 6.11. The molecule has 12 aliphatic rings. The molecule has 504 valence electrons. The molecule has 4 bridgehead atoms. The van der Waals surface area contributed by atoms with Crippen molar-refractivity contribution < 1.29 is 52.1 Å². The standard InChI is InChI=1S/C36H51BN4O5.C28H38BN3O5.C8H15NO/c1-34(2,40-17-12-13-18-40)23-28(38-6)32(42)41-19-11-10-16-27(41)24-44-33(43)39-31(20-25-14-8-7-9-15-25)37-45-30-22-26-21-29(35(26,3)4)36(30,5)46-37;1-27(2)20-15-22(27)28(3)23(16-20)36-29(37-28)24(14-19-10-6-5-7-11-19)31-26(34)35-18-21-12-8-9-13-32(21)25(33)17-30-4;1-8(2,7-10)9-5-3-4-6-9/h7-9,14-15,23,26-27,29-31H,10-13,16-22,24H2,1-5H3,(H,39,43);5-7,10-11,20-24H,8-9,12-18H2,1-3H3,(H,31,34);7H,3-6H2,1-2H3/t26-,27+,29-,30+,31-,36-;20-,21+,22-,23+,24-,28-;/m00./s1. The van der Waals surface area contributed by atoms with Gasteiger partial charge in [-0.25, -0.2) is 21.0 Å². The number of piperidine rings is 2. The van der Waals surface area contributed by atoms with Crippen molar-refractivity contribution in [3.63, 3.8) is 0 Å². The second-order valence-electron chi connectivity index (χ2n) is 30.9. The number of carbonyl (C=O) groups is 5. The van der Waals surface area contributed by atoms with E-state index < -0.39 is 38.3 Å². The Kier molecular flexibility index (Phi) is 22.0. The molecule has 6 saturated carbocycles. The summed E-state index contributed by atoms with van der Waals surface area (Å²) in [5.74, 6) is 0.807. The highest BCUT2D eigenvalue weighted by atomic mass is 16.7. The summed E-state index contributed by atoms with van der Waals surface area (Å²) < 4.78 is 38.0. The summed E-state index contributed by atoms with van der Waals surface area (Å²) in [6, 6.07) is 19.6. The van der Waals surface area contributed by atoms with Gasteiger partial charge in [0.05, 0.1) is 59.5 Å². The monoisotopic (exact) mass is 1280 g/mol. The first kappa shape index (κ1) is 70.0. The largest absolute Gasteiger partial charge is 0.482 e. The van der Waals surface area contributed by atoms with Crippen molar-refractivity contribution in [2.45, 2.75) is 230 Å². The van der Waals surface area contributed by atoms with Crippen LogP contribution in [0, 0.1) is 47.6 Å². The molecule has 2 aromatic rings. The summed E-state index contributed by atoms with van der Waals surface area (Å²) in [4.78, 5) is 77.9. The zero-order valence-corrected chi connectivity index (χ0v) is 57.2. The first-order valence-corrected chi connectivity index (χ1v) is 34.9. The number of rotatable bonds is 18. The summed E-state index contributed by atoms with van der Waals surface area (Å²) in [6.07, 6.45) is 17.1. The van der Waals surface area contributed by atoms with Crippen molar-refractivity contribution in [2.75, 3.05) is 59.0 Å². The van der Waals surface area contributed by atoms with Gasteiger partial charge in [0.2, 0.25) is 5.70 Å². The second-order valence-corrected chi connectivity index (χ2v) is 30.9. The molecule has 2 aromatic carbocycles. The second kappa shape index (κ2) is 29.3. The molecule has 4 amide bonds. The van der Waals surface area contributed by atoms with Crippen molar-refractivity contribution in [3.05, 3.63) is 106 Å². The van der Waals surface area contributed by atoms with Crippen LogP contribution in [0.2, 0.25) is 0 Å².